The van der Waals surface area contributed by atoms with Gasteiger partial charge in [-0.25, -0.2) is 12.8 Å². The van der Waals surface area contributed by atoms with E-state index in [1.54, 1.807) is 48.5 Å². The summed E-state index contributed by atoms with van der Waals surface area (Å²) in [5.74, 6) is -1.19. The van der Waals surface area contributed by atoms with Gasteiger partial charge in [-0.1, -0.05) is 47.5 Å². The molecule has 0 aromatic heterocycles. The lowest BCUT2D eigenvalue weighted by Crippen LogP contribution is -2.38. The summed E-state index contributed by atoms with van der Waals surface area (Å²) in [6.07, 6.45) is 0. The average Bonchev–Trinajstić information content (AvgIpc) is 2.70. The Morgan fingerprint density at radius 1 is 0.931 bits per heavy atom. The molecule has 0 aliphatic rings. The van der Waals surface area contributed by atoms with E-state index in [2.05, 4.69) is 5.32 Å². The van der Waals surface area contributed by atoms with Crippen molar-refractivity contribution in [3.8, 4) is 0 Å². The maximum absolute atomic E-state index is 13.2. The first-order chi connectivity index (χ1) is 13.8. The molecule has 29 heavy (non-hydrogen) atoms. The third-order valence-electron chi connectivity index (χ3n) is 3.96. The molecule has 1 amide bonds. The van der Waals surface area contributed by atoms with E-state index in [0.717, 1.165) is 28.6 Å². The van der Waals surface area contributed by atoms with Crippen molar-refractivity contribution in [1.29, 1.82) is 0 Å². The van der Waals surface area contributed by atoms with Crippen LogP contribution in [-0.2, 0) is 14.8 Å². The number of amides is 1. The standard InChI is InChI=1S/C20H15Cl2FN2O3S/c21-17-7-4-8-18(20(17)22)24-19(26)13-25(15-5-2-1-3-6-15)29(27,28)16-11-9-14(23)10-12-16/h1-12H,13H2,(H,24,26). The molecule has 0 fully saturated rings. The quantitative estimate of drug-likeness (QED) is 0.574. The number of para-hydroxylation sites is 1. The number of nitrogens with zero attached hydrogens (tertiary/aromatic N) is 1. The van der Waals surface area contributed by atoms with Crippen molar-refractivity contribution in [3.05, 3.63) is 88.7 Å². The molecule has 0 saturated carbocycles. The Labute approximate surface area is 177 Å². The molecule has 0 bridgehead atoms. The number of hydrogen-bond acceptors (Lipinski definition) is 3. The fraction of sp³-hybridized carbons (Fsp3) is 0.0500. The minimum atomic E-state index is -4.13. The monoisotopic (exact) mass is 452 g/mol. The molecule has 0 saturated heterocycles. The summed E-state index contributed by atoms with van der Waals surface area (Å²) < 4.78 is 40.4. The fourth-order valence-corrected chi connectivity index (χ4v) is 4.33. The average molecular weight is 453 g/mol. The van der Waals surface area contributed by atoms with Gasteiger partial charge in [-0.15, -0.1) is 0 Å². The molecule has 3 aromatic carbocycles. The second kappa shape index (κ2) is 8.82. The lowest BCUT2D eigenvalue weighted by Gasteiger charge is -2.24. The topological polar surface area (TPSA) is 66.5 Å². The van der Waals surface area contributed by atoms with Crippen molar-refractivity contribution in [3.63, 3.8) is 0 Å². The molecular formula is C20H15Cl2FN2O3S. The molecule has 9 heteroatoms. The lowest BCUT2D eigenvalue weighted by atomic mass is 10.3. The highest BCUT2D eigenvalue weighted by molar-refractivity contribution is 7.92. The number of anilines is 2. The number of carbonyl (C=O) groups excluding carboxylic acids is 1. The van der Waals surface area contributed by atoms with Gasteiger partial charge in [-0.3, -0.25) is 9.10 Å². The summed E-state index contributed by atoms with van der Waals surface area (Å²) >= 11 is 12.0. The van der Waals surface area contributed by atoms with Crippen molar-refractivity contribution < 1.29 is 17.6 Å². The molecule has 1 N–H and O–H groups in total. The van der Waals surface area contributed by atoms with Gasteiger partial charge in [-0.05, 0) is 48.5 Å². The zero-order valence-electron chi connectivity index (χ0n) is 14.8. The first kappa shape index (κ1) is 21.1. The van der Waals surface area contributed by atoms with Crippen LogP contribution in [0.15, 0.2) is 77.7 Å². The summed E-state index contributed by atoms with van der Waals surface area (Å²) in [7, 11) is -4.13. The van der Waals surface area contributed by atoms with Crippen LogP contribution in [0.1, 0.15) is 0 Å². The summed E-state index contributed by atoms with van der Waals surface area (Å²) in [6.45, 7) is -0.521. The van der Waals surface area contributed by atoms with E-state index in [9.17, 15) is 17.6 Å². The molecule has 0 spiro atoms. The number of sulfonamides is 1. The third kappa shape index (κ3) is 4.87. The van der Waals surface area contributed by atoms with Crippen LogP contribution in [0.4, 0.5) is 15.8 Å². The summed E-state index contributed by atoms with van der Waals surface area (Å²) in [5, 5.41) is 2.96. The third-order valence-corrected chi connectivity index (χ3v) is 6.57. The highest BCUT2D eigenvalue weighted by atomic mass is 35.5. The molecule has 3 aromatic rings. The van der Waals surface area contributed by atoms with Crippen LogP contribution >= 0.6 is 23.2 Å². The van der Waals surface area contributed by atoms with Crippen LogP contribution in [-0.4, -0.2) is 20.9 Å². The van der Waals surface area contributed by atoms with Gasteiger partial charge in [0, 0.05) is 0 Å². The molecule has 5 nitrogen and oxygen atoms in total. The zero-order valence-corrected chi connectivity index (χ0v) is 17.2. The Morgan fingerprint density at radius 2 is 1.59 bits per heavy atom. The summed E-state index contributed by atoms with van der Waals surface area (Å²) in [5.41, 5.74) is 0.542. The molecule has 0 atom stereocenters. The van der Waals surface area contributed by atoms with Gasteiger partial charge in [0.25, 0.3) is 10.0 Å². The SMILES string of the molecule is O=C(CN(c1ccccc1)S(=O)(=O)c1ccc(F)cc1)Nc1cccc(Cl)c1Cl. The molecule has 0 heterocycles. The van der Waals surface area contributed by atoms with Crippen molar-refractivity contribution in [1.82, 2.24) is 0 Å². The number of rotatable bonds is 6. The van der Waals surface area contributed by atoms with Crippen LogP contribution in [0.25, 0.3) is 0 Å². The van der Waals surface area contributed by atoms with Crippen LogP contribution in [0.2, 0.25) is 10.0 Å². The van der Waals surface area contributed by atoms with E-state index < -0.39 is 28.3 Å². The molecule has 0 aliphatic heterocycles. The van der Waals surface area contributed by atoms with Gasteiger partial charge in [0.05, 0.1) is 26.3 Å². The van der Waals surface area contributed by atoms with E-state index in [1.807, 2.05) is 0 Å². The first-order valence-corrected chi connectivity index (χ1v) is 10.6. The molecule has 3 rings (SSSR count). The number of nitrogens with one attached hydrogen (secondary N) is 1. The van der Waals surface area contributed by atoms with E-state index in [0.29, 0.717) is 0 Å². The van der Waals surface area contributed by atoms with E-state index >= 15 is 0 Å². The Bertz CT molecular complexity index is 1120. The summed E-state index contributed by atoms with van der Waals surface area (Å²) in [6, 6.07) is 17.2. The largest absolute Gasteiger partial charge is 0.323 e. The predicted molar refractivity (Wildman–Crippen MR) is 112 cm³/mol. The van der Waals surface area contributed by atoms with E-state index in [-0.39, 0.29) is 26.3 Å². The molecule has 0 aliphatic carbocycles. The molecular weight excluding hydrogens is 438 g/mol. The van der Waals surface area contributed by atoms with E-state index in [1.165, 1.54) is 0 Å². The molecule has 0 radical (unpaired) electrons. The van der Waals surface area contributed by atoms with Crippen molar-refractivity contribution in [2.45, 2.75) is 4.90 Å². The van der Waals surface area contributed by atoms with Gasteiger partial charge >= 0.3 is 0 Å². The normalized spacial score (nSPS) is 11.1. The minimum Gasteiger partial charge on any atom is -0.323 e. The van der Waals surface area contributed by atoms with Crippen LogP contribution in [0, 0.1) is 5.82 Å². The second-order valence-electron chi connectivity index (χ2n) is 5.95. The lowest BCUT2D eigenvalue weighted by molar-refractivity contribution is -0.114. The maximum Gasteiger partial charge on any atom is 0.264 e. The smallest absolute Gasteiger partial charge is 0.264 e. The van der Waals surface area contributed by atoms with Gasteiger partial charge in [0.2, 0.25) is 5.91 Å². The number of benzene rings is 3. The van der Waals surface area contributed by atoms with Crippen LogP contribution in [0.3, 0.4) is 0 Å². The second-order valence-corrected chi connectivity index (χ2v) is 8.60. The number of hydrogen-bond donors (Lipinski definition) is 1. The highest BCUT2D eigenvalue weighted by Gasteiger charge is 2.27. The Kier molecular flexibility index (Phi) is 6.42. The highest BCUT2D eigenvalue weighted by Crippen LogP contribution is 2.30. The Balaban J connectivity index is 1.93. The summed E-state index contributed by atoms with van der Waals surface area (Å²) in [4.78, 5) is 12.5. The van der Waals surface area contributed by atoms with Gasteiger partial charge < -0.3 is 5.32 Å². The maximum atomic E-state index is 13.2. The number of halogens is 3. The molecule has 0 unspecified atom stereocenters. The van der Waals surface area contributed by atoms with Crippen molar-refractivity contribution in [2.75, 3.05) is 16.2 Å². The predicted octanol–water partition coefficient (Wildman–Crippen LogP) is 4.97. The van der Waals surface area contributed by atoms with Crippen LogP contribution < -0.4 is 9.62 Å². The van der Waals surface area contributed by atoms with Crippen molar-refractivity contribution >= 4 is 50.5 Å². The van der Waals surface area contributed by atoms with Gasteiger partial charge in [-0.2, -0.15) is 0 Å². The zero-order chi connectivity index (χ0) is 21.0. The van der Waals surface area contributed by atoms with E-state index in [4.69, 9.17) is 23.2 Å². The fourth-order valence-electron chi connectivity index (χ4n) is 2.56. The number of carbonyl (C=O) groups is 1. The van der Waals surface area contributed by atoms with Gasteiger partial charge in [0.15, 0.2) is 0 Å². The van der Waals surface area contributed by atoms with Crippen LogP contribution in [0.5, 0.6) is 0 Å². The van der Waals surface area contributed by atoms with Crippen molar-refractivity contribution in [2.24, 2.45) is 0 Å². The van der Waals surface area contributed by atoms with Gasteiger partial charge in [0.1, 0.15) is 12.4 Å². The Hall–Kier alpha value is -2.61. The minimum absolute atomic E-state index is 0.142. The molecule has 150 valence electrons. The first-order valence-electron chi connectivity index (χ1n) is 8.36. The Morgan fingerprint density at radius 3 is 2.24 bits per heavy atom.